The molecule has 0 aliphatic carbocycles. The Balaban J connectivity index is 1.76. The summed E-state index contributed by atoms with van der Waals surface area (Å²) in [6, 6.07) is 6.81. The molecule has 2 aromatic carbocycles. The molecule has 0 spiro atoms. The molecule has 0 atom stereocenters. The third-order valence-corrected chi connectivity index (χ3v) is 6.79. The van der Waals surface area contributed by atoms with Gasteiger partial charge in [-0.05, 0) is 49.9 Å². The number of hydrogen-bond acceptors (Lipinski definition) is 4. The van der Waals surface area contributed by atoms with E-state index in [-0.39, 0.29) is 22.0 Å². The van der Waals surface area contributed by atoms with Crippen LogP contribution in [-0.4, -0.2) is 23.2 Å². The Morgan fingerprint density at radius 2 is 1.80 bits per heavy atom. The zero-order valence-corrected chi connectivity index (χ0v) is 17.6. The third kappa shape index (κ3) is 3.81. The largest absolute Gasteiger partial charge is 0.311 e. The second-order valence-electron chi connectivity index (χ2n) is 7.59. The summed E-state index contributed by atoms with van der Waals surface area (Å²) in [5.41, 5.74) is 0.958. The van der Waals surface area contributed by atoms with Gasteiger partial charge in [0.15, 0.2) is 5.82 Å². The van der Waals surface area contributed by atoms with E-state index in [1.807, 2.05) is 4.57 Å². The molecule has 9 heteroatoms. The summed E-state index contributed by atoms with van der Waals surface area (Å²) >= 11 is 0. The fraction of sp³-hybridized carbons (Fsp3) is 0.333. The van der Waals surface area contributed by atoms with Crippen LogP contribution in [0.1, 0.15) is 36.2 Å². The molecular weight excluding hydrogens is 410 g/mol. The number of anilines is 1. The van der Waals surface area contributed by atoms with Gasteiger partial charge in [0.2, 0.25) is 0 Å². The minimum atomic E-state index is -4.07. The van der Waals surface area contributed by atoms with Crippen molar-refractivity contribution in [2.24, 2.45) is 0 Å². The van der Waals surface area contributed by atoms with Crippen LogP contribution in [0, 0.1) is 25.5 Å². The van der Waals surface area contributed by atoms with Crippen LogP contribution in [0.5, 0.6) is 0 Å². The van der Waals surface area contributed by atoms with Crippen molar-refractivity contribution in [1.29, 1.82) is 0 Å². The number of aromatic nitrogens is 3. The van der Waals surface area contributed by atoms with Gasteiger partial charge in [0.05, 0.1) is 16.1 Å². The Labute approximate surface area is 174 Å². The highest BCUT2D eigenvalue weighted by Gasteiger charge is 2.23. The summed E-state index contributed by atoms with van der Waals surface area (Å²) in [6.45, 7) is 4.07. The zero-order valence-electron chi connectivity index (χ0n) is 16.7. The maximum atomic E-state index is 14.6. The molecule has 4 rings (SSSR count). The molecule has 2 heterocycles. The summed E-state index contributed by atoms with van der Waals surface area (Å²) in [5.74, 6) is -0.789. The summed E-state index contributed by atoms with van der Waals surface area (Å²) in [5, 5.41) is 8.24. The molecule has 3 aromatic rings. The zero-order chi connectivity index (χ0) is 21.5. The maximum Gasteiger partial charge on any atom is 0.262 e. The third-order valence-electron chi connectivity index (χ3n) is 5.28. The van der Waals surface area contributed by atoms with Crippen molar-refractivity contribution in [1.82, 2.24) is 14.8 Å². The summed E-state index contributed by atoms with van der Waals surface area (Å²) in [6.07, 6.45) is 3.66. The van der Waals surface area contributed by atoms with Gasteiger partial charge in [0.1, 0.15) is 17.5 Å². The van der Waals surface area contributed by atoms with Crippen LogP contribution in [0.2, 0.25) is 0 Å². The second-order valence-corrected chi connectivity index (χ2v) is 9.24. The molecule has 158 valence electrons. The van der Waals surface area contributed by atoms with Crippen LogP contribution in [-0.2, 0) is 23.0 Å². The number of sulfonamides is 1. The van der Waals surface area contributed by atoms with Gasteiger partial charge < -0.3 is 4.57 Å². The molecule has 30 heavy (non-hydrogen) atoms. The number of nitrogens with zero attached hydrogens (tertiary/aromatic N) is 3. The van der Waals surface area contributed by atoms with E-state index in [2.05, 4.69) is 14.9 Å². The van der Waals surface area contributed by atoms with E-state index >= 15 is 0 Å². The quantitative estimate of drug-likeness (QED) is 0.664. The molecular formula is C21H22F2N4O2S. The Hall–Kier alpha value is -2.81. The van der Waals surface area contributed by atoms with Crippen LogP contribution >= 0.6 is 0 Å². The van der Waals surface area contributed by atoms with Gasteiger partial charge in [-0.3, -0.25) is 4.72 Å². The van der Waals surface area contributed by atoms with Gasteiger partial charge in [0, 0.05) is 19.0 Å². The van der Waals surface area contributed by atoms with E-state index < -0.39 is 21.7 Å². The molecule has 0 unspecified atom stereocenters. The number of hydrogen-bond donors (Lipinski definition) is 1. The highest BCUT2D eigenvalue weighted by molar-refractivity contribution is 7.92. The SMILES string of the molecule is Cc1ccc(C)c(S(=O)(=O)Nc2cc(-c3nnc4n3CCCCC4)c(F)cc2F)c1. The van der Waals surface area contributed by atoms with Crippen LogP contribution in [0.3, 0.4) is 0 Å². The molecule has 1 aliphatic rings. The molecule has 6 nitrogen and oxygen atoms in total. The molecule has 0 radical (unpaired) electrons. The average Bonchev–Trinajstić information content (AvgIpc) is 2.93. The lowest BCUT2D eigenvalue weighted by molar-refractivity contribution is 0.581. The van der Waals surface area contributed by atoms with E-state index in [4.69, 9.17) is 0 Å². The first-order valence-corrected chi connectivity index (χ1v) is 11.3. The van der Waals surface area contributed by atoms with Crippen molar-refractivity contribution in [3.05, 3.63) is 58.9 Å². The predicted octanol–water partition coefficient (Wildman–Crippen LogP) is 4.37. The normalized spacial score (nSPS) is 14.3. The second kappa shape index (κ2) is 7.79. The standard InChI is InChI=1S/C21H22F2N4O2S/c1-13-7-8-14(2)19(10-13)30(28,29)26-18-11-15(16(22)12-17(18)23)21-25-24-20-6-4-3-5-9-27(20)21/h7-8,10-12,26H,3-6,9H2,1-2H3. The lowest BCUT2D eigenvalue weighted by atomic mass is 10.1. The van der Waals surface area contributed by atoms with Crippen molar-refractivity contribution < 1.29 is 17.2 Å². The number of rotatable bonds is 4. The van der Waals surface area contributed by atoms with Crippen LogP contribution < -0.4 is 4.72 Å². The van der Waals surface area contributed by atoms with Crippen LogP contribution in [0.15, 0.2) is 35.2 Å². The summed E-state index contributed by atoms with van der Waals surface area (Å²) in [4.78, 5) is 0.0455. The van der Waals surface area contributed by atoms with Gasteiger partial charge in [0.25, 0.3) is 10.0 Å². The van der Waals surface area contributed by atoms with Crippen LogP contribution in [0.25, 0.3) is 11.4 Å². The van der Waals surface area contributed by atoms with Gasteiger partial charge >= 0.3 is 0 Å². The molecule has 0 saturated carbocycles. The predicted molar refractivity (Wildman–Crippen MR) is 110 cm³/mol. The molecule has 0 amide bonds. The van der Waals surface area contributed by atoms with E-state index in [9.17, 15) is 17.2 Å². The summed E-state index contributed by atoms with van der Waals surface area (Å²) in [7, 11) is -4.07. The van der Waals surface area contributed by atoms with E-state index in [1.54, 1.807) is 26.0 Å². The average molecular weight is 432 g/mol. The van der Waals surface area contributed by atoms with Crippen molar-refractivity contribution in [3.63, 3.8) is 0 Å². The Morgan fingerprint density at radius 1 is 1.00 bits per heavy atom. The van der Waals surface area contributed by atoms with Gasteiger partial charge in [-0.25, -0.2) is 17.2 Å². The van der Waals surface area contributed by atoms with Crippen molar-refractivity contribution >= 4 is 15.7 Å². The van der Waals surface area contributed by atoms with Crippen molar-refractivity contribution in [2.75, 3.05) is 4.72 Å². The lowest BCUT2D eigenvalue weighted by Crippen LogP contribution is -2.16. The van der Waals surface area contributed by atoms with E-state index in [1.165, 1.54) is 6.07 Å². The monoisotopic (exact) mass is 432 g/mol. The topological polar surface area (TPSA) is 76.9 Å². The molecule has 1 aromatic heterocycles. The number of fused-ring (bicyclic) bond motifs is 1. The van der Waals surface area contributed by atoms with Crippen molar-refractivity contribution in [2.45, 2.75) is 51.0 Å². The minimum absolute atomic E-state index is 0.00992. The smallest absolute Gasteiger partial charge is 0.262 e. The van der Waals surface area contributed by atoms with Gasteiger partial charge in [-0.15, -0.1) is 10.2 Å². The first kappa shape index (κ1) is 20.5. The highest BCUT2D eigenvalue weighted by atomic mass is 32.2. The molecule has 0 bridgehead atoms. The van der Waals surface area contributed by atoms with E-state index in [0.29, 0.717) is 18.2 Å². The van der Waals surface area contributed by atoms with Crippen molar-refractivity contribution in [3.8, 4) is 11.4 Å². The number of benzene rings is 2. The number of halogens is 2. The maximum absolute atomic E-state index is 14.6. The first-order chi connectivity index (χ1) is 14.3. The Kier molecular flexibility index (Phi) is 5.31. The minimum Gasteiger partial charge on any atom is -0.311 e. The van der Waals surface area contributed by atoms with Crippen LogP contribution in [0.4, 0.5) is 14.5 Å². The van der Waals surface area contributed by atoms with Gasteiger partial charge in [-0.1, -0.05) is 18.6 Å². The molecule has 0 fully saturated rings. The summed E-state index contributed by atoms with van der Waals surface area (Å²) < 4.78 is 59.0. The Bertz CT molecular complexity index is 1220. The molecule has 0 saturated heterocycles. The lowest BCUT2D eigenvalue weighted by Gasteiger charge is -2.14. The fourth-order valence-corrected chi connectivity index (χ4v) is 5.07. The van der Waals surface area contributed by atoms with Gasteiger partial charge in [-0.2, -0.15) is 0 Å². The Morgan fingerprint density at radius 3 is 2.60 bits per heavy atom. The number of aryl methyl sites for hydroxylation is 3. The first-order valence-electron chi connectivity index (χ1n) is 9.78. The molecule has 1 N–H and O–H groups in total. The molecule has 1 aliphatic heterocycles. The fourth-order valence-electron chi connectivity index (χ4n) is 3.68. The van der Waals surface area contributed by atoms with E-state index in [0.717, 1.165) is 43.1 Å². The number of nitrogens with one attached hydrogen (secondary N) is 1. The highest BCUT2D eigenvalue weighted by Crippen LogP contribution is 2.31.